The Morgan fingerprint density at radius 3 is 2.71 bits per heavy atom. The van der Waals surface area contributed by atoms with Gasteiger partial charge in [-0.15, -0.1) is 11.6 Å². The molecule has 0 atom stereocenters. The predicted octanol–water partition coefficient (Wildman–Crippen LogP) is 5.14. The van der Waals surface area contributed by atoms with Gasteiger partial charge in [0.25, 0.3) is 0 Å². The molecular formula is C18H23ClN2. The zero-order valence-electron chi connectivity index (χ0n) is 12.7. The van der Waals surface area contributed by atoms with Gasteiger partial charge in [-0.1, -0.05) is 37.5 Å². The molecule has 1 N–H and O–H groups in total. The highest BCUT2D eigenvalue weighted by molar-refractivity contribution is 6.18. The molecule has 21 heavy (non-hydrogen) atoms. The van der Waals surface area contributed by atoms with Crippen LogP contribution in [0.5, 0.6) is 0 Å². The monoisotopic (exact) mass is 302 g/mol. The first-order valence-corrected chi connectivity index (χ1v) is 8.42. The van der Waals surface area contributed by atoms with Crippen LogP contribution in [0.4, 0.5) is 5.82 Å². The Kier molecular flexibility index (Phi) is 4.34. The zero-order chi connectivity index (χ0) is 14.7. The van der Waals surface area contributed by atoms with Gasteiger partial charge >= 0.3 is 0 Å². The number of benzene rings is 1. The second-order valence-electron chi connectivity index (χ2n) is 6.39. The molecule has 3 heteroatoms. The molecule has 0 spiro atoms. The number of nitrogens with one attached hydrogen (secondary N) is 1. The fraction of sp³-hybridized carbons (Fsp3) is 0.500. The van der Waals surface area contributed by atoms with Crippen molar-refractivity contribution in [2.24, 2.45) is 5.41 Å². The maximum absolute atomic E-state index is 6.28. The van der Waals surface area contributed by atoms with E-state index in [1.807, 2.05) is 6.07 Å². The van der Waals surface area contributed by atoms with Crippen molar-refractivity contribution in [3.05, 3.63) is 35.9 Å². The number of halogens is 1. The van der Waals surface area contributed by atoms with E-state index >= 15 is 0 Å². The van der Waals surface area contributed by atoms with Crippen LogP contribution in [-0.4, -0.2) is 17.4 Å². The highest BCUT2D eigenvalue weighted by Crippen LogP contribution is 2.37. The van der Waals surface area contributed by atoms with E-state index in [0.29, 0.717) is 0 Å². The van der Waals surface area contributed by atoms with Gasteiger partial charge in [-0.2, -0.15) is 0 Å². The second kappa shape index (κ2) is 6.23. The number of aryl methyl sites for hydroxylation is 1. The predicted molar refractivity (Wildman–Crippen MR) is 91.2 cm³/mol. The van der Waals surface area contributed by atoms with Gasteiger partial charge in [0.1, 0.15) is 5.82 Å². The molecular weight excluding hydrogens is 280 g/mol. The van der Waals surface area contributed by atoms with Crippen molar-refractivity contribution in [3.8, 4) is 0 Å². The van der Waals surface area contributed by atoms with Gasteiger partial charge in [0.15, 0.2) is 0 Å². The topological polar surface area (TPSA) is 24.9 Å². The molecule has 0 unspecified atom stereocenters. The number of para-hydroxylation sites is 1. The first kappa shape index (κ1) is 14.6. The first-order valence-electron chi connectivity index (χ1n) is 7.89. The summed E-state index contributed by atoms with van der Waals surface area (Å²) in [4.78, 5) is 4.77. The molecule has 1 fully saturated rings. The summed E-state index contributed by atoms with van der Waals surface area (Å²) in [6.07, 6.45) is 6.43. The van der Waals surface area contributed by atoms with Crippen molar-refractivity contribution in [1.82, 2.24) is 4.98 Å². The number of anilines is 1. The van der Waals surface area contributed by atoms with Crippen LogP contribution in [0.15, 0.2) is 30.3 Å². The lowest BCUT2D eigenvalue weighted by Gasteiger charge is -2.36. The van der Waals surface area contributed by atoms with Gasteiger partial charge in [0, 0.05) is 23.2 Å². The number of rotatable bonds is 4. The fourth-order valence-corrected chi connectivity index (χ4v) is 3.69. The van der Waals surface area contributed by atoms with Gasteiger partial charge < -0.3 is 5.32 Å². The van der Waals surface area contributed by atoms with Crippen molar-refractivity contribution < 1.29 is 0 Å². The van der Waals surface area contributed by atoms with E-state index in [9.17, 15) is 0 Å². The normalized spacial score (nSPS) is 17.8. The van der Waals surface area contributed by atoms with E-state index in [1.165, 1.54) is 43.1 Å². The third kappa shape index (κ3) is 3.16. The average Bonchev–Trinajstić information content (AvgIpc) is 2.54. The van der Waals surface area contributed by atoms with Gasteiger partial charge in [0.05, 0.1) is 5.52 Å². The molecule has 0 bridgehead atoms. The number of alkyl halides is 1. The van der Waals surface area contributed by atoms with Crippen molar-refractivity contribution in [2.45, 2.75) is 39.0 Å². The quantitative estimate of drug-likeness (QED) is 0.791. The van der Waals surface area contributed by atoms with Crippen LogP contribution in [0.2, 0.25) is 0 Å². The number of nitrogens with zero attached hydrogens (tertiary/aromatic N) is 1. The maximum atomic E-state index is 6.28. The molecule has 1 aromatic carbocycles. The average molecular weight is 303 g/mol. The molecule has 1 aliphatic rings. The maximum Gasteiger partial charge on any atom is 0.129 e. The lowest BCUT2D eigenvalue weighted by Crippen LogP contribution is -2.34. The highest BCUT2D eigenvalue weighted by Gasteiger charge is 2.31. The van der Waals surface area contributed by atoms with Gasteiger partial charge in [-0.3, -0.25) is 0 Å². The minimum atomic E-state index is 0.250. The van der Waals surface area contributed by atoms with E-state index in [0.717, 1.165) is 23.8 Å². The smallest absolute Gasteiger partial charge is 0.129 e. The Balaban J connectivity index is 1.79. The number of pyridine rings is 1. The van der Waals surface area contributed by atoms with Gasteiger partial charge in [-0.25, -0.2) is 4.98 Å². The third-order valence-electron chi connectivity index (χ3n) is 4.74. The van der Waals surface area contributed by atoms with Crippen LogP contribution >= 0.6 is 11.6 Å². The van der Waals surface area contributed by atoms with Crippen LogP contribution in [0.3, 0.4) is 0 Å². The lowest BCUT2D eigenvalue weighted by molar-refractivity contribution is 0.238. The van der Waals surface area contributed by atoms with Crippen LogP contribution in [0.1, 0.15) is 37.7 Å². The summed E-state index contributed by atoms with van der Waals surface area (Å²) in [6.45, 7) is 3.05. The Morgan fingerprint density at radius 1 is 1.19 bits per heavy atom. The third-order valence-corrected chi connectivity index (χ3v) is 5.31. The molecule has 1 saturated carbocycles. The number of aromatic nitrogens is 1. The summed E-state index contributed by atoms with van der Waals surface area (Å²) in [5, 5.41) is 4.77. The SMILES string of the molecule is Cc1cc2ccccc2nc1NCC1(CCl)CCCCC1. The van der Waals surface area contributed by atoms with E-state index in [1.54, 1.807) is 0 Å². The molecule has 112 valence electrons. The number of hydrogen-bond donors (Lipinski definition) is 1. The van der Waals surface area contributed by atoms with Crippen LogP contribution < -0.4 is 5.32 Å². The molecule has 1 aromatic heterocycles. The molecule has 3 rings (SSSR count). The van der Waals surface area contributed by atoms with Crippen LogP contribution in [0, 0.1) is 12.3 Å². The summed E-state index contributed by atoms with van der Waals surface area (Å²) in [7, 11) is 0. The van der Waals surface area contributed by atoms with Crippen molar-refractivity contribution >= 4 is 28.3 Å². The molecule has 0 amide bonds. The van der Waals surface area contributed by atoms with Gasteiger partial charge in [0.2, 0.25) is 0 Å². The van der Waals surface area contributed by atoms with E-state index in [-0.39, 0.29) is 5.41 Å². The molecule has 0 radical (unpaired) electrons. The molecule has 1 heterocycles. The van der Waals surface area contributed by atoms with Crippen molar-refractivity contribution in [1.29, 1.82) is 0 Å². The minimum absolute atomic E-state index is 0.250. The van der Waals surface area contributed by atoms with Crippen LogP contribution in [0.25, 0.3) is 10.9 Å². The summed E-state index contributed by atoms with van der Waals surface area (Å²) >= 11 is 6.28. The molecule has 2 aromatic rings. The largest absolute Gasteiger partial charge is 0.369 e. The van der Waals surface area contributed by atoms with Gasteiger partial charge in [-0.05, 0) is 37.5 Å². The summed E-state index contributed by atoms with van der Waals surface area (Å²) < 4.78 is 0. The molecule has 2 nitrogen and oxygen atoms in total. The second-order valence-corrected chi connectivity index (χ2v) is 6.66. The van der Waals surface area contributed by atoms with Crippen molar-refractivity contribution in [2.75, 3.05) is 17.7 Å². The molecule has 1 aliphatic carbocycles. The Labute approximate surface area is 131 Å². The summed E-state index contributed by atoms with van der Waals surface area (Å²) in [5.74, 6) is 1.75. The van der Waals surface area contributed by atoms with Crippen molar-refractivity contribution in [3.63, 3.8) is 0 Å². The Morgan fingerprint density at radius 2 is 1.95 bits per heavy atom. The summed E-state index contributed by atoms with van der Waals surface area (Å²) in [6, 6.07) is 10.5. The number of hydrogen-bond acceptors (Lipinski definition) is 2. The Bertz CT molecular complexity index is 618. The van der Waals surface area contributed by atoms with E-state index in [4.69, 9.17) is 16.6 Å². The fourth-order valence-electron chi connectivity index (χ4n) is 3.33. The minimum Gasteiger partial charge on any atom is -0.369 e. The first-order chi connectivity index (χ1) is 10.2. The van der Waals surface area contributed by atoms with E-state index in [2.05, 4.69) is 36.5 Å². The standard InChI is InChI=1S/C18H23ClN2/c1-14-11-15-7-3-4-8-16(15)21-17(14)20-13-18(12-19)9-5-2-6-10-18/h3-4,7-8,11H,2,5-6,9-10,12-13H2,1H3,(H,20,21). The lowest BCUT2D eigenvalue weighted by atomic mass is 9.75. The highest BCUT2D eigenvalue weighted by atomic mass is 35.5. The molecule has 0 saturated heterocycles. The van der Waals surface area contributed by atoms with E-state index < -0.39 is 0 Å². The van der Waals surface area contributed by atoms with Crippen LogP contribution in [-0.2, 0) is 0 Å². The Hall–Kier alpha value is -1.28. The molecule has 0 aliphatic heterocycles. The summed E-state index contributed by atoms with van der Waals surface area (Å²) in [5.41, 5.74) is 2.50. The zero-order valence-corrected chi connectivity index (χ0v) is 13.4. The number of fused-ring (bicyclic) bond motifs is 1.